The first-order valence-corrected chi connectivity index (χ1v) is 7.79. The van der Waals surface area contributed by atoms with Crippen molar-refractivity contribution in [2.75, 3.05) is 7.11 Å². The molecule has 4 heteroatoms. The second-order valence-electron chi connectivity index (χ2n) is 5.50. The van der Waals surface area contributed by atoms with E-state index in [1.807, 2.05) is 30.3 Å². The first-order valence-electron chi connectivity index (χ1n) is 7.41. The lowest BCUT2D eigenvalue weighted by Gasteiger charge is -2.12. The van der Waals surface area contributed by atoms with Crippen LogP contribution in [-0.4, -0.2) is 17.1 Å². The molecule has 110 valence electrons. The highest BCUT2D eigenvalue weighted by Gasteiger charge is 2.20. The second-order valence-corrected chi connectivity index (χ2v) is 5.89. The van der Waals surface area contributed by atoms with Crippen LogP contribution in [0.25, 0.3) is 0 Å². The highest BCUT2D eigenvalue weighted by atomic mass is 35.5. The second kappa shape index (κ2) is 6.44. The Kier molecular flexibility index (Phi) is 4.39. The predicted octanol–water partition coefficient (Wildman–Crippen LogP) is 4.39. The summed E-state index contributed by atoms with van der Waals surface area (Å²) in [6.07, 6.45) is 5.63. The molecule has 1 aliphatic carbocycles. The third-order valence-corrected chi connectivity index (χ3v) is 4.27. The van der Waals surface area contributed by atoms with E-state index in [1.165, 1.54) is 25.7 Å². The summed E-state index contributed by atoms with van der Waals surface area (Å²) in [4.78, 5) is 9.11. The van der Waals surface area contributed by atoms with E-state index in [9.17, 15) is 0 Å². The fourth-order valence-electron chi connectivity index (χ4n) is 3.01. The fourth-order valence-corrected chi connectivity index (χ4v) is 3.22. The Hall–Kier alpha value is -1.61. The van der Waals surface area contributed by atoms with Gasteiger partial charge in [0.2, 0.25) is 0 Å². The van der Waals surface area contributed by atoms with E-state index in [1.54, 1.807) is 7.11 Å². The molecule has 1 heterocycles. The topological polar surface area (TPSA) is 35.0 Å². The number of hydrogen-bond acceptors (Lipinski definition) is 3. The zero-order valence-electron chi connectivity index (χ0n) is 12.2. The molecule has 0 unspecified atom stereocenters. The van der Waals surface area contributed by atoms with Crippen LogP contribution < -0.4 is 4.74 Å². The standard InChI is InChI=1S/C17H19ClN2O/c1-21-15-9-5-4-8-13(15)10-17-19-14(11-16(18)20-17)12-6-2-3-7-12/h4-5,8-9,11-12H,2-3,6-7,10H2,1H3. The lowest BCUT2D eigenvalue weighted by atomic mass is 10.0. The highest BCUT2D eigenvalue weighted by molar-refractivity contribution is 6.29. The summed E-state index contributed by atoms with van der Waals surface area (Å²) in [6, 6.07) is 9.88. The van der Waals surface area contributed by atoms with Crippen LogP contribution in [0.2, 0.25) is 5.15 Å². The Morgan fingerprint density at radius 3 is 2.71 bits per heavy atom. The van der Waals surface area contributed by atoms with E-state index >= 15 is 0 Å². The van der Waals surface area contributed by atoms with Gasteiger partial charge in [0.25, 0.3) is 0 Å². The van der Waals surface area contributed by atoms with Gasteiger partial charge in [-0.3, -0.25) is 0 Å². The maximum absolute atomic E-state index is 6.19. The average molecular weight is 303 g/mol. The van der Waals surface area contributed by atoms with Gasteiger partial charge in [-0.1, -0.05) is 42.6 Å². The van der Waals surface area contributed by atoms with Crippen LogP contribution in [0.3, 0.4) is 0 Å². The van der Waals surface area contributed by atoms with Crippen LogP contribution in [0.4, 0.5) is 0 Å². The van der Waals surface area contributed by atoms with E-state index < -0.39 is 0 Å². The van der Waals surface area contributed by atoms with E-state index in [0.717, 1.165) is 22.8 Å². The number of ether oxygens (including phenoxy) is 1. The van der Waals surface area contributed by atoms with E-state index in [2.05, 4.69) is 4.98 Å². The molecule has 0 atom stereocenters. The van der Waals surface area contributed by atoms with Gasteiger partial charge >= 0.3 is 0 Å². The summed E-state index contributed by atoms with van der Waals surface area (Å²) in [7, 11) is 1.68. The van der Waals surface area contributed by atoms with Crippen molar-refractivity contribution in [1.82, 2.24) is 9.97 Å². The van der Waals surface area contributed by atoms with Gasteiger partial charge in [0.15, 0.2) is 0 Å². The third-order valence-electron chi connectivity index (χ3n) is 4.08. The largest absolute Gasteiger partial charge is 0.496 e. The molecular weight excluding hydrogens is 284 g/mol. The number of methoxy groups -OCH3 is 1. The lowest BCUT2D eigenvalue weighted by molar-refractivity contribution is 0.410. The average Bonchev–Trinajstić information content (AvgIpc) is 3.01. The molecule has 0 amide bonds. The molecule has 1 aromatic heterocycles. The molecule has 3 rings (SSSR count). The van der Waals surface area contributed by atoms with Crippen molar-refractivity contribution in [3.05, 3.63) is 52.6 Å². The van der Waals surface area contributed by atoms with Crippen LogP contribution in [0, 0.1) is 0 Å². The molecule has 0 bridgehead atoms. The lowest BCUT2D eigenvalue weighted by Crippen LogP contribution is -2.04. The number of nitrogens with zero attached hydrogens (tertiary/aromatic N) is 2. The molecule has 21 heavy (non-hydrogen) atoms. The molecule has 1 aliphatic rings. The monoisotopic (exact) mass is 302 g/mol. The quantitative estimate of drug-likeness (QED) is 0.786. The van der Waals surface area contributed by atoms with Crippen molar-refractivity contribution < 1.29 is 4.74 Å². The van der Waals surface area contributed by atoms with Crippen molar-refractivity contribution in [3.63, 3.8) is 0 Å². The smallest absolute Gasteiger partial charge is 0.134 e. The van der Waals surface area contributed by atoms with Crippen LogP contribution in [0.15, 0.2) is 30.3 Å². The van der Waals surface area contributed by atoms with E-state index in [-0.39, 0.29) is 0 Å². The van der Waals surface area contributed by atoms with Crippen LogP contribution in [0.5, 0.6) is 5.75 Å². The molecule has 0 radical (unpaired) electrons. The Labute approximate surface area is 130 Å². The minimum Gasteiger partial charge on any atom is -0.496 e. The maximum Gasteiger partial charge on any atom is 0.134 e. The van der Waals surface area contributed by atoms with Gasteiger partial charge in [-0.2, -0.15) is 0 Å². The van der Waals surface area contributed by atoms with Crippen molar-refractivity contribution in [3.8, 4) is 5.75 Å². The first kappa shape index (κ1) is 14.3. The SMILES string of the molecule is COc1ccccc1Cc1nc(Cl)cc(C2CCCC2)n1. The Morgan fingerprint density at radius 1 is 1.19 bits per heavy atom. The summed E-state index contributed by atoms with van der Waals surface area (Å²) < 4.78 is 5.39. The van der Waals surface area contributed by atoms with Crippen LogP contribution >= 0.6 is 11.6 Å². The fraction of sp³-hybridized carbons (Fsp3) is 0.412. The normalized spacial score (nSPS) is 15.3. The van der Waals surface area contributed by atoms with E-state index in [0.29, 0.717) is 17.5 Å². The molecule has 1 fully saturated rings. The van der Waals surface area contributed by atoms with Crippen molar-refractivity contribution in [2.24, 2.45) is 0 Å². The number of aromatic nitrogens is 2. The predicted molar refractivity (Wildman–Crippen MR) is 84.1 cm³/mol. The van der Waals surface area contributed by atoms with Gasteiger partial charge in [-0.15, -0.1) is 0 Å². The number of rotatable bonds is 4. The number of para-hydroxylation sites is 1. The molecule has 2 aromatic rings. The minimum atomic E-state index is 0.539. The van der Waals surface area contributed by atoms with Crippen molar-refractivity contribution >= 4 is 11.6 Å². The van der Waals surface area contributed by atoms with Gasteiger partial charge < -0.3 is 4.74 Å². The number of halogens is 1. The Balaban J connectivity index is 1.88. The highest BCUT2D eigenvalue weighted by Crippen LogP contribution is 2.34. The maximum atomic E-state index is 6.19. The van der Waals surface area contributed by atoms with Gasteiger partial charge in [0.1, 0.15) is 16.7 Å². The van der Waals surface area contributed by atoms with Crippen molar-refractivity contribution in [1.29, 1.82) is 0 Å². The molecule has 0 aliphatic heterocycles. The molecule has 0 saturated heterocycles. The molecule has 0 N–H and O–H groups in total. The molecule has 1 saturated carbocycles. The van der Waals surface area contributed by atoms with Crippen molar-refractivity contribution in [2.45, 2.75) is 38.0 Å². The first-order chi connectivity index (χ1) is 10.3. The van der Waals surface area contributed by atoms with Crippen LogP contribution in [0.1, 0.15) is 48.7 Å². The van der Waals surface area contributed by atoms with Gasteiger partial charge in [0, 0.05) is 23.6 Å². The Morgan fingerprint density at radius 2 is 1.95 bits per heavy atom. The molecule has 0 spiro atoms. The van der Waals surface area contributed by atoms with E-state index in [4.69, 9.17) is 21.3 Å². The summed E-state index contributed by atoms with van der Waals surface area (Å²) in [5, 5.41) is 0.539. The summed E-state index contributed by atoms with van der Waals surface area (Å²) in [6.45, 7) is 0. The molecule has 3 nitrogen and oxygen atoms in total. The van der Waals surface area contributed by atoms with Gasteiger partial charge in [0.05, 0.1) is 7.11 Å². The molecule has 1 aromatic carbocycles. The summed E-state index contributed by atoms with van der Waals surface area (Å²) >= 11 is 6.19. The number of hydrogen-bond donors (Lipinski definition) is 0. The summed E-state index contributed by atoms with van der Waals surface area (Å²) in [5.74, 6) is 2.18. The van der Waals surface area contributed by atoms with Crippen LogP contribution in [-0.2, 0) is 6.42 Å². The zero-order chi connectivity index (χ0) is 14.7. The molecular formula is C17H19ClN2O. The number of benzene rings is 1. The van der Waals surface area contributed by atoms with Gasteiger partial charge in [-0.05, 0) is 25.0 Å². The summed E-state index contributed by atoms with van der Waals surface area (Å²) in [5.41, 5.74) is 2.18. The third kappa shape index (κ3) is 3.35. The Bertz CT molecular complexity index is 624. The van der Waals surface area contributed by atoms with Gasteiger partial charge in [-0.25, -0.2) is 9.97 Å². The zero-order valence-corrected chi connectivity index (χ0v) is 12.9. The minimum absolute atomic E-state index is 0.539.